The molecule has 0 fully saturated rings. The fraction of sp³-hybridized carbons (Fsp3) is 0.176. The summed E-state index contributed by atoms with van der Waals surface area (Å²) < 4.78 is 24.2. The van der Waals surface area contributed by atoms with E-state index in [2.05, 4.69) is 21.2 Å². The Morgan fingerprint density at radius 2 is 1.96 bits per heavy atom. The van der Waals surface area contributed by atoms with E-state index in [4.69, 9.17) is 9.47 Å². The summed E-state index contributed by atoms with van der Waals surface area (Å²) in [7, 11) is 1.50. The molecule has 7 heteroatoms. The number of hydrogen-bond donors (Lipinski definition) is 1. The molecule has 1 amide bonds. The van der Waals surface area contributed by atoms with Gasteiger partial charge in [0.15, 0.2) is 6.61 Å². The number of amides is 1. The fourth-order valence-electron chi connectivity index (χ4n) is 1.98. The van der Waals surface area contributed by atoms with Crippen LogP contribution in [0.2, 0.25) is 0 Å². The molecule has 1 N–H and O–H groups in total. The molecule has 126 valence electrons. The molecule has 0 aliphatic heterocycles. The molecule has 0 radical (unpaired) electrons. The molecule has 0 unspecified atom stereocenters. The highest BCUT2D eigenvalue weighted by Crippen LogP contribution is 2.20. The van der Waals surface area contributed by atoms with Gasteiger partial charge in [-0.05, 0) is 24.3 Å². The van der Waals surface area contributed by atoms with Gasteiger partial charge in [0.1, 0.15) is 11.6 Å². The zero-order valence-corrected chi connectivity index (χ0v) is 14.4. The summed E-state index contributed by atoms with van der Waals surface area (Å²) in [6.07, 6.45) is -0.0239. The minimum atomic E-state index is -0.621. The molecule has 5 nitrogen and oxygen atoms in total. The molecule has 2 aromatic rings. The van der Waals surface area contributed by atoms with Gasteiger partial charge in [-0.15, -0.1) is 0 Å². The predicted octanol–water partition coefficient (Wildman–Crippen LogP) is 3.32. The molecular formula is C17H15BrFNO4. The van der Waals surface area contributed by atoms with Crippen molar-refractivity contribution in [3.05, 3.63) is 58.3 Å². The van der Waals surface area contributed by atoms with Crippen LogP contribution in [0.5, 0.6) is 5.75 Å². The molecule has 0 aliphatic rings. The van der Waals surface area contributed by atoms with Gasteiger partial charge in [-0.2, -0.15) is 0 Å². The van der Waals surface area contributed by atoms with Crippen LogP contribution in [0.15, 0.2) is 46.9 Å². The van der Waals surface area contributed by atoms with Gasteiger partial charge in [-0.25, -0.2) is 4.39 Å². The van der Waals surface area contributed by atoms with Gasteiger partial charge in [0.2, 0.25) is 0 Å². The number of hydrogen-bond acceptors (Lipinski definition) is 4. The first-order valence-electron chi connectivity index (χ1n) is 7.02. The first-order valence-corrected chi connectivity index (χ1v) is 7.81. The van der Waals surface area contributed by atoms with E-state index in [-0.39, 0.29) is 12.1 Å². The number of rotatable bonds is 6. The first-order chi connectivity index (χ1) is 11.5. The lowest BCUT2D eigenvalue weighted by Gasteiger charge is -2.09. The summed E-state index contributed by atoms with van der Waals surface area (Å²) in [5, 5.41) is 2.34. The quantitative estimate of drug-likeness (QED) is 0.761. The molecular weight excluding hydrogens is 381 g/mol. The largest absolute Gasteiger partial charge is 0.496 e. The first kappa shape index (κ1) is 17.9. The van der Waals surface area contributed by atoms with Gasteiger partial charge in [0.25, 0.3) is 5.91 Å². The van der Waals surface area contributed by atoms with E-state index in [0.717, 1.165) is 0 Å². The number of esters is 1. The van der Waals surface area contributed by atoms with Crippen LogP contribution in [-0.2, 0) is 20.7 Å². The number of para-hydroxylation sites is 1. The zero-order valence-electron chi connectivity index (χ0n) is 12.8. The highest BCUT2D eigenvalue weighted by Gasteiger charge is 2.13. The average molecular weight is 396 g/mol. The van der Waals surface area contributed by atoms with E-state index < -0.39 is 24.3 Å². The van der Waals surface area contributed by atoms with E-state index >= 15 is 0 Å². The van der Waals surface area contributed by atoms with Gasteiger partial charge >= 0.3 is 5.97 Å². The molecule has 0 bridgehead atoms. The van der Waals surface area contributed by atoms with Crippen LogP contribution < -0.4 is 10.1 Å². The van der Waals surface area contributed by atoms with Crippen LogP contribution in [0.4, 0.5) is 10.1 Å². The third-order valence-electron chi connectivity index (χ3n) is 3.10. The topological polar surface area (TPSA) is 64.6 Å². The van der Waals surface area contributed by atoms with Crippen molar-refractivity contribution >= 4 is 33.5 Å². The minimum Gasteiger partial charge on any atom is -0.496 e. The summed E-state index contributed by atoms with van der Waals surface area (Å²) in [6.45, 7) is -0.497. The highest BCUT2D eigenvalue weighted by atomic mass is 79.9. The Balaban J connectivity index is 1.86. The van der Waals surface area contributed by atoms with Crippen LogP contribution in [0, 0.1) is 5.82 Å². The van der Waals surface area contributed by atoms with Gasteiger partial charge in [-0.1, -0.05) is 34.1 Å². The molecule has 0 aromatic heterocycles. The normalized spacial score (nSPS) is 10.1. The van der Waals surface area contributed by atoms with Crippen molar-refractivity contribution in [2.24, 2.45) is 0 Å². The second-order valence-electron chi connectivity index (χ2n) is 4.82. The van der Waals surface area contributed by atoms with Gasteiger partial charge in [0.05, 0.1) is 19.2 Å². The Bertz CT molecular complexity index is 751. The highest BCUT2D eigenvalue weighted by molar-refractivity contribution is 9.10. The predicted molar refractivity (Wildman–Crippen MR) is 90.4 cm³/mol. The maximum absolute atomic E-state index is 13.6. The third-order valence-corrected chi connectivity index (χ3v) is 3.59. The number of carbonyl (C=O) groups excluding carboxylic acids is 2. The lowest BCUT2D eigenvalue weighted by Crippen LogP contribution is -2.22. The standard InChI is InChI=1S/C17H15BrFNO4/c1-23-15-5-3-2-4-11(15)8-17(22)24-10-16(21)20-14-7-6-12(18)9-13(14)19/h2-7,9H,8,10H2,1H3,(H,20,21). The van der Waals surface area contributed by atoms with Crippen molar-refractivity contribution in [3.63, 3.8) is 0 Å². The van der Waals surface area contributed by atoms with Crippen LogP contribution in [0.1, 0.15) is 5.56 Å². The maximum atomic E-state index is 13.6. The summed E-state index contributed by atoms with van der Waals surface area (Å²) in [5.74, 6) is -1.22. The Morgan fingerprint density at radius 3 is 2.67 bits per heavy atom. The van der Waals surface area contributed by atoms with Crippen molar-refractivity contribution in [3.8, 4) is 5.75 Å². The average Bonchev–Trinajstić information content (AvgIpc) is 2.56. The molecule has 0 aliphatic carbocycles. The molecule has 2 aromatic carbocycles. The van der Waals surface area contributed by atoms with Gasteiger partial charge < -0.3 is 14.8 Å². The molecule has 0 saturated carbocycles. The number of anilines is 1. The second kappa shape index (κ2) is 8.44. The number of carbonyl (C=O) groups is 2. The lowest BCUT2D eigenvalue weighted by molar-refractivity contribution is -0.146. The SMILES string of the molecule is COc1ccccc1CC(=O)OCC(=O)Nc1ccc(Br)cc1F. The Morgan fingerprint density at radius 1 is 1.21 bits per heavy atom. The summed E-state index contributed by atoms with van der Waals surface area (Å²) in [6, 6.07) is 11.2. The van der Waals surface area contributed by atoms with Crippen LogP contribution >= 0.6 is 15.9 Å². The zero-order chi connectivity index (χ0) is 17.5. The smallest absolute Gasteiger partial charge is 0.310 e. The minimum absolute atomic E-state index is 0.0176. The molecule has 24 heavy (non-hydrogen) atoms. The van der Waals surface area contributed by atoms with Crippen LogP contribution in [0.3, 0.4) is 0 Å². The number of halogens is 2. The number of ether oxygens (including phenoxy) is 2. The Hall–Kier alpha value is -2.41. The molecule has 2 rings (SSSR count). The van der Waals surface area contributed by atoms with Crippen molar-refractivity contribution in [2.45, 2.75) is 6.42 Å². The maximum Gasteiger partial charge on any atom is 0.310 e. The molecule has 0 heterocycles. The molecule has 0 spiro atoms. The van der Waals surface area contributed by atoms with Crippen LogP contribution in [0.25, 0.3) is 0 Å². The van der Waals surface area contributed by atoms with E-state index in [1.165, 1.54) is 19.2 Å². The van der Waals surface area contributed by atoms with Crippen molar-refractivity contribution < 1.29 is 23.5 Å². The number of methoxy groups -OCH3 is 1. The van der Waals surface area contributed by atoms with E-state index in [1.54, 1.807) is 30.3 Å². The summed E-state index contributed by atoms with van der Waals surface area (Å²) >= 11 is 3.12. The lowest BCUT2D eigenvalue weighted by atomic mass is 10.1. The summed E-state index contributed by atoms with van der Waals surface area (Å²) in [4.78, 5) is 23.5. The van der Waals surface area contributed by atoms with Gasteiger partial charge in [-0.3, -0.25) is 9.59 Å². The number of benzene rings is 2. The van der Waals surface area contributed by atoms with Crippen molar-refractivity contribution in [2.75, 3.05) is 19.0 Å². The fourth-order valence-corrected chi connectivity index (χ4v) is 2.31. The van der Waals surface area contributed by atoms with E-state index in [9.17, 15) is 14.0 Å². The Labute approximate surface area is 146 Å². The van der Waals surface area contributed by atoms with Crippen LogP contribution in [-0.4, -0.2) is 25.6 Å². The van der Waals surface area contributed by atoms with Crippen molar-refractivity contribution in [1.82, 2.24) is 0 Å². The Kier molecular flexibility index (Phi) is 6.31. The van der Waals surface area contributed by atoms with E-state index in [0.29, 0.717) is 15.8 Å². The van der Waals surface area contributed by atoms with Crippen molar-refractivity contribution in [1.29, 1.82) is 0 Å². The van der Waals surface area contributed by atoms with Gasteiger partial charge in [0, 0.05) is 10.0 Å². The third kappa shape index (κ3) is 5.06. The monoisotopic (exact) mass is 395 g/mol. The molecule has 0 atom stereocenters. The summed E-state index contributed by atoms with van der Waals surface area (Å²) in [5.41, 5.74) is 0.674. The van der Waals surface area contributed by atoms with E-state index in [1.807, 2.05) is 0 Å². The second-order valence-corrected chi connectivity index (χ2v) is 5.74. The molecule has 0 saturated heterocycles. The number of nitrogens with one attached hydrogen (secondary N) is 1.